The van der Waals surface area contributed by atoms with E-state index in [4.69, 9.17) is 0 Å². The molecule has 0 radical (unpaired) electrons. The Hall–Kier alpha value is -3.25. The number of carbonyl (C=O) groups excluding carboxylic acids is 2. The molecule has 2 amide bonds. The Morgan fingerprint density at radius 2 is 1.67 bits per heavy atom. The first-order valence-corrected chi connectivity index (χ1v) is 8.96. The van der Waals surface area contributed by atoms with Crippen LogP contribution in [0.5, 0.6) is 0 Å². The number of aromatic nitrogens is 1. The van der Waals surface area contributed by atoms with Crippen molar-refractivity contribution in [3.8, 4) is 0 Å². The van der Waals surface area contributed by atoms with E-state index in [1.165, 1.54) is 0 Å². The zero-order valence-electron chi connectivity index (χ0n) is 14.2. The monoisotopic (exact) mass is 421 g/mol. The second-order valence-corrected chi connectivity index (χ2v) is 6.54. The smallest absolute Gasteiger partial charge is 0.272 e. The Bertz CT molecular complexity index is 973. The number of carbonyl (C=O) groups is 2. The summed E-state index contributed by atoms with van der Waals surface area (Å²) in [5.41, 5.74) is 1.96. The van der Waals surface area contributed by atoms with Crippen LogP contribution >= 0.6 is 15.9 Å². The Morgan fingerprint density at radius 1 is 0.926 bits per heavy atom. The molecule has 0 aliphatic rings. The van der Waals surface area contributed by atoms with Crippen molar-refractivity contribution in [1.29, 1.82) is 0 Å². The molecule has 6 heteroatoms. The lowest BCUT2D eigenvalue weighted by molar-refractivity contribution is -0.113. The highest BCUT2D eigenvalue weighted by molar-refractivity contribution is 9.10. The molecule has 0 spiro atoms. The van der Waals surface area contributed by atoms with Gasteiger partial charge in [0.15, 0.2) is 0 Å². The minimum absolute atomic E-state index is 0.134. The highest BCUT2D eigenvalue weighted by Gasteiger charge is 2.15. The van der Waals surface area contributed by atoms with Crippen LogP contribution in [0.3, 0.4) is 0 Å². The molecule has 3 aromatic rings. The van der Waals surface area contributed by atoms with Crippen molar-refractivity contribution in [2.24, 2.45) is 0 Å². The van der Waals surface area contributed by atoms with Gasteiger partial charge in [0.05, 0.1) is 0 Å². The number of hydrogen-bond donors (Lipinski definition) is 2. The van der Waals surface area contributed by atoms with Crippen molar-refractivity contribution >= 4 is 39.5 Å². The quantitative estimate of drug-likeness (QED) is 0.604. The van der Waals surface area contributed by atoms with Crippen LogP contribution in [0.15, 0.2) is 89.3 Å². The summed E-state index contributed by atoms with van der Waals surface area (Å²) in [5, 5.41) is 5.49. The molecule has 2 aromatic carbocycles. The number of anilines is 1. The SMILES string of the molecule is O=C(Nc1cccc(Br)c1)C(=Cc1ccncc1)NC(=O)c1ccccc1. The summed E-state index contributed by atoms with van der Waals surface area (Å²) in [6.45, 7) is 0. The summed E-state index contributed by atoms with van der Waals surface area (Å²) in [5.74, 6) is -0.783. The normalized spacial score (nSPS) is 10.9. The van der Waals surface area contributed by atoms with Crippen molar-refractivity contribution in [2.75, 3.05) is 5.32 Å². The van der Waals surface area contributed by atoms with Crippen LogP contribution in [-0.2, 0) is 4.79 Å². The van der Waals surface area contributed by atoms with E-state index in [1.807, 2.05) is 18.2 Å². The van der Waals surface area contributed by atoms with Crippen molar-refractivity contribution in [1.82, 2.24) is 10.3 Å². The number of halogens is 1. The molecule has 5 nitrogen and oxygen atoms in total. The van der Waals surface area contributed by atoms with Gasteiger partial charge in [0.2, 0.25) is 0 Å². The number of rotatable bonds is 5. The molecular formula is C21H16BrN3O2. The molecule has 0 unspecified atom stereocenters. The van der Waals surface area contributed by atoms with Crippen LogP contribution < -0.4 is 10.6 Å². The first-order chi connectivity index (χ1) is 13.1. The van der Waals surface area contributed by atoms with Gasteiger partial charge in [-0.15, -0.1) is 0 Å². The molecule has 0 aliphatic carbocycles. The Morgan fingerprint density at radius 3 is 2.37 bits per heavy atom. The van der Waals surface area contributed by atoms with Gasteiger partial charge in [-0.3, -0.25) is 14.6 Å². The van der Waals surface area contributed by atoms with E-state index < -0.39 is 5.91 Å². The molecule has 0 saturated heterocycles. The summed E-state index contributed by atoms with van der Waals surface area (Å²) in [7, 11) is 0. The van der Waals surface area contributed by atoms with Crippen molar-refractivity contribution < 1.29 is 9.59 Å². The molecule has 2 N–H and O–H groups in total. The lowest BCUT2D eigenvalue weighted by Crippen LogP contribution is -2.30. The number of benzene rings is 2. The fraction of sp³-hybridized carbons (Fsp3) is 0. The van der Waals surface area contributed by atoms with Gasteiger partial charge in [-0.05, 0) is 54.1 Å². The first kappa shape index (κ1) is 18.5. The van der Waals surface area contributed by atoms with Gasteiger partial charge in [0, 0.05) is 28.1 Å². The minimum Gasteiger partial charge on any atom is -0.321 e. The number of hydrogen-bond acceptors (Lipinski definition) is 3. The third-order valence-corrected chi connectivity index (χ3v) is 4.12. The lowest BCUT2D eigenvalue weighted by Gasteiger charge is -2.11. The van der Waals surface area contributed by atoms with Gasteiger partial charge in [-0.25, -0.2) is 0 Å². The average Bonchev–Trinajstić information content (AvgIpc) is 2.69. The zero-order chi connectivity index (χ0) is 19.1. The number of nitrogens with one attached hydrogen (secondary N) is 2. The maximum Gasteiger partial charge on any atom is 0.272 e. The third-order valence-electron chi connectivity index (χ3n) is 3.63. The van der Waals surface area contributed by atoms with Gasteiger partial charge < -0.3 is 10.6 Å². The zero-order valence-corrected chi connectivity index (χ0v) is 15.8. The highest BCUT2D eigenvalue weighted by Crippen LogP contribution is 2.16. The Kier molecular flexibility index (Phi) is 6.12. The maximum absolute atomic E-state index is 12.8. The van der Waals surface area contributed by atoms with Crippen LogP contribution in [0.4, 0.5) is 5.69 Å². The summed E-state index contributed by atoms with van der Waals surface area (Å²) < 4.78 is 0.841. The molecule has 0 saturated carbocycles. The molecule has 0 fully saturated rings. The second kappa shape index (κ2) is 8.91. The first-order valence-electron chi connectivity index (χ1n) is 8.17. The largest absolute Gasteiger partial charge is 0.321 e. The number of pyridine rings is 1. The predicted molar refractivity (Wildman–Crippen MR) is 109 cm³/mol. The summed E-state index contributed by atoms with van der Waals surface area (Å²) in [6.07, 6.45) is 4.85. The molecule has 27 heavy (non-hydrogen) atoms. The van der Waals surface area contributed by atoms with Crippen molar-refractivity contribution in [2.45, 2.75) is 0 Å². The lowest BCUT2D eigenvalue weighted by atomic mass is 10.2. The van der Waals surface area contributed by atoms with Crippen LogP contribution in [0.2, 0.25) is 0 Å². The van der Waals surface area contributed by atoms with Gasteiger partial charge >= 0.3 is 0 Å². The summed E-state index contributed by atoms with van der Waals surface area (Å²) >= 11 is 3.37. The second-order valence-electron chi connectivity index (χ2n) is 5.62. The molecular weight excluding hydrogens is 406 g/mol. The topological polar surface area (TPSA) is 71.1 Å². The Labute approximate surface area is 165 Å². The van der Waals surface area contributed by atoms with Crippen molar-refractivity contribution in [3.05, 3.63) is 100 Å². The highest BCUT2D eigenvalue weighted by atomic mass is 79.9. The molecule has 134 valence electrons. The maximum atomic E-state index is 12.8. The van der Waals surface area contributed by atoms with E-state index >= 15 is 0 Å². The molecule has 0 atom stereocenters. The fourth-order valence-electron chi connectivity index (χ4n) is 2.33. The molecule has 0 bridgehead atoms. The number of amides is 2. The third kappa shape index (κ3) is 5.36. The fourth-order valence-corrected chi connectivity index (χ4v) is 2.73. The van der Waals surface area contributed by atoms with E-state index in [-0.39, 0.29) is 11.6 Å². The standard InChI is InChI=1S/C21H16BrN3O2/c22-17-7-4-8-18(14-17)24-21(27)19(13-15-9-11-23-12-10-15)25-20(26)16-5-2-1-3-6-16/h1-14H,(H,24,27)(H,25,26). The summed E-state index contributed by atoms with van der Waals surface area (Å²) in [4.78, 5) is 29.2. The molecule has 1 heterocycles. The van der Waals surface area contributed by atoms with Crippen LogP contribution in [0.1, 0.15) is 15.9 Å². The predicted octanol–water partition coefficient (Wildman–Crippen LogP) is 4.25. The molecule has 0 aliphatic heterocycles. The molecule has 1 aromatic heterocycles. The van der Waals surface area contributed by atoms with E-state index in [9.17, 15) is 9.59 Å². The van der Waals surface area contributed by atoms with Crippen molar-refractivity contribution in [3.63, 3.8) is 0 Å². The van der Waals surface area contributed by atoms with Crippen LogP contribution in [0, 0.1) is 0 Å². The average molecular weight is 422 g/mol. The molecule has 3 rings (SSSR count). The van der Waals surface area contributed by atoms with Crippen LogP contribution in [-0.4, -0.2) is 16.8 Å². The van der Waals surface area contributed by atoms with E-state index in [1.54, 1.807) is 67.0 Å². The summed E-state index contributed by atoms with van der Waals surface area (Å²) in [6, 6.07) is 19.5. The van der Waals surface area contributed by atoms with Gasteiger partial charge in [-0.1, -0.05) is 40.2 Å². The number of nitrogens with zero attached hydrogens (tertiary/aromatic N) is 1. The van der Waals surface area contributed by atoms with E-state index in [0.717, 1.165) is 10.0 Å². The van der Waals surface area contributed by atoms with Gasteiger partial charge in [0.1, 0.15) is 5.70 Å². The Balaban J connectivity index is 1.86. The van der Waals surface area contributed by atoms with Gasteiger partial charge in [0.25, 0.3) is 11.8 Å². The van der Waals surface area contributed by atoms with E-state index in [2.05, 4.69) is 31.5 Å². The van der Waals surface area contributed by atoms with E-state index in [0.29, 0.717) is 11.3 Å². The van der Waals surface area contributed by atoms with Crippen LogP contribution in [0.25, 0.3) is 6.08 Å². The van der Waals surface area contributed by atoms with Gasteiger partial charge in [-0.2, -0.15) is 0 Å². The minimum atomic E-state index is -0.422.